The highest BCUT2D eigenvalue weighted by Crippen LogP contribution is 2.23. The van der Waals surface area contributed by atoms with E-state index in [1.165, 1.54) is 0 Å². The van der Waals surface area contributed by atoms with Crippen LogP contribution < -0.4 is 10.5 Å². The Kier molecular flexibility index (Phi) is 3.68. The summed E-state index contributed by atoms with van der Waals surface area (Å²) in [6.07, 6.45) is 1.69. The van der Waals surface area contributed by atoms with E-state index in [1.54, 1.807) is 10.9 Å². The summed E-state index contributed by atoms with van der Waals surface area (Å²) >= 11 is 3.34. The van der Waals surface area contributed by atoms with E-state index in [0.717, 1.165) is 15.8 Å². The van der Waals surface area contributed by atoms with Crippen LogP contribution in [0.1, 0.15) is 12.5 Å². The molecule has 0 aliphatic heterocycles. The standard InChI is InChI=1S/C12H14BrN3O/c1-2-17-11-6-4-3-5-9(11)8-16-12(14)10(13)7-15-16/h3-7H,2,8,14H2,1H3. The fourth-order valence-corrected chi connectivity index (χ4v) is 1.89. The number of nitrogens with two attached hydrogens (primary N) is 1. The number of nitrogens with zero attached hydrogens (tertiary/aromatic N) is 2. The number of halogens is 1. The number of hydrogen-bond acceptors (Lipinski definition) is 3. The molecule has 0 saturated carbocycles. The van der Waals surface area contributed by atoms with Crippen molar-refractivity contribution in [1.82, 2.24) is 9.78 Å². The van der Waals surface area contributed by atoms with Gasteiger partial charge in [-0.05, 0) is 28.9 Å². The van der Waals surface area contributed by atoms with Crippen LogP contribution in [0.3, 0.4) is 0 Å². The topological polar surface area (TPSA) is 53.1 Å². The molecule has 0 unspecified atom stereocenters. The second kappa shape index (κ2) is 5.23. The van der Waals surface area contributed by atoms with Crippen molar-refractivity contribution in [3.05, 3.63) is 40.5 Å². The van der Waals surface area contributed by atoms with Gasteiger partial charge in [-0.25, -0.2) is 4.68 Å². The van der Waals surface area contributed by atoms with Gasteiger partial charge in [0.25, 0.3) is 0 Å². The lowest BCUT2D eigenvalue weighted by molar-refractivity contribution is 0.335. The molecule has 0 aliphatic rings. The van der Waals surface area contributed by atoms with Crippen molar-refractivity contribution in [2.75, 3.05) is 12.3 Å². The predicted molar refractivity (Wildman–Crippen MR) is 71.1 cm³/mol. The summed E-state index contributed by atoms with van der Waals surface area (Å²) in [6.45, 7) is 3.22. The fourth-order valence-electron chi connectivity index (χ4n) is 1.59. The Bertz CT molecular complexity index is 510. The highest BCUT2D eigenvalue weighted by atomic mass is 79.9. The number of nitrogen functional groups attached to an aromatic ring is 1. The largest absolute Gasteiger partial charge is 0.494 e. The Labute approximate surface area is 109 Å². The van der Waals surface area contributed by atoms with Gasteiger partial charge in [0.1, 0.15) is 11.6 Å². The first-order valence-electron chi connectivity index (χ1n) is 5.40. The Morgan fingerprint density at radius 2 is 2.18 bits per heavy atom. The van der Waals surface area contributed by atoms with Crippen LogP contribution in [0, 0.1) is 0 Å². The maximum atomic E-state index is 5.89. The molecular weight excluding hydrogens is 282 g/mol. The summed E-state index contributed by atoms with van der Waals surface area (Å²) in [5, 5.41) is 4.20. The summed E-state index contributed by atoms with van der Waals surface area (Å²) < 4.78 is 8.11. The van der Waals surface area contributed by atoms with E-state index in [1.807, 2.05) is 31.2 Å². The molecule has 0 fully saturated rings. The van der Waals surface area contributed by atoms with Crippen LogP contribution in [-0.4, -0.2) is 16.4 Å². The zero-order chi connectivity index (χ0) is 12.3. The summed E-state index contributed by atoms with van der Waals surface area (Å²) in [5.74, 6) is 1.50. The van der Waals surface area contributed by atoms with E-state index in [2.05, 4.69) is 21.0 Å². The first-order valence-corrected chi connectivity index (χ1v) is 6.19. The van der Waals surface area contributed by atoms with Crippen molar-refractivity contribution >= 4 is 21.7 Å². The van der Waals surface area contributed by atoms with Gasteiger partial charge in [-0.3, -0.25) is 0 Å². The van der Waals surface area contributed by atoms with Crippen LogP contribution in [0.2, 0.25) is 0 Å². The van der Waals surface area contributed by atoms with Gasteiger partial charge in [0.2, 0.25) is 0 Å². The molecule has 0 atom stereocenters. The number of ether oxygens (including phenoxy) is 1. The smallest absolute Gasteiger partial charge is 0.136 e. The molecule has 2 N–H and O–H groups in total. The first kappa shape index (κ1) is 12.0. The van der Waals surface area contributed by atoms with Crippen LogP contribution >= 0.6 is 15.9 Å². The highest BCUT2D eigenvalue weighted by Gasteiger charge is 2.08. The Morgan fingerprint density at radius 1 is 1.41 bits per heavy atom. The van der Waals surface area contributed by atoms with Crippen molar-refractivity contribution in [2.24, 2.45) is 0 Å². The second-order valence-electron chi connectivity index (χ2n) is 3.58. The predicted octanol–water partition coefficient (Wildman–Crippen LogP) is 2.67. The molecule has 0 saturated heterocycles. The van der Waals surface area contributed by atoms with Gasteiger partial charge in [0, 0.05) is 5.56 Å². The van der Waals surface area contributed by atoms with Crippen molar-refractivity contribution in [3.8, 4) is 5.75 Å². The van der Waals surface area contributed by atoms with Crippen LogP contribution in [0.5, 0.6) is 5.75 Å². The monoisotopic (exact) mass is 295 g/mol. The minimum absolute atomic E-state index is 0.605. The summed E-state index contributed by atoms with van der Waals surface area (Å²) in [6, 6.07) is 7.90. The molecule has 4 nitrogen and oxygen atoms in total. The van der Waals surface area contributed by atoms with Gasteiger partial charge < -0.3 is 10.5 Å². The van der Waals surface area contributed by atoms with Gasteiger partial charge in [0.05, 0.1) is 23.8 Å². The average molecular weight is 296 g/mol. The maximum absolute atomic E-state index is 5.89. The number of benzene rings is 1. The van der Waals surface area contributed by atoms with E-state index < -0.39 is 0 Å². The zero-order valence-electron chi connectivity index (χ0n) is 9.56. The molecule has 2 rings (SSSR count). The van der Waals surface area contributed by atoms with E-state index in [4.69, 9.17) is 10.5 Å². The molecule has 0 aliphatic carbocycles. The molecule has 5 heteroatoms. The Hall–Kier alpha value is -1.49. The number of aromatic nitrogens is 2. The van der Waals surface area contributed by atoms with Gasteiger partial charge >= 0.3 is 0 Å². The zero-order valence-corrected chi connectivity index (χ0v) is 11.1. The van der Waals surface area contributed by atoms with Crippen molar-refractivity contribution in [2.45, 2.75) is 13.5 Å². The van der Waals surface area contributed by atoms with Crippen molar-refractivity contribution in [1.29, 1.82) is 0 Å². The minimum Gasteiger partial charge on any atom is -0.494 e. The SMILES string of the molecule is CCOc1ccccc1Cn1ncc(Br)c1N. The molecule has 1 aromatic carbocycles. The summed E-state index contributed by atoms with van der Waals surface area (Å²) in [7, 11) is 0. The minimum atomic E-state index is 0.605. The second-order valence-corrected chi connectivity index (χ2v) is 4.43. The summed E-state index contributed by atoms with van der Waals surface area (Å²) in [5.41, 5.74) is 6.95. The third-order valence-corrected chi connectivity index (χ3v) is 3.04. The number of hydrogen-bond donors (Lipinski definition) is 1. The van der Waals surface area contributed by atoms with Gasteiger partial charge in [-0.15, -0.1) is 0 Å². The molecule has 2 aromatic rings. The number of rotatable bonds is 4. The molecule has 0 amide bonds. The van der Waals surface area contributed by atoms with E-state index in [0.29, 0.717) is 19.0 Å². The third-order valence-electron chi connectivity index (χ3n) is 2.43. The number of para-hydroxylation sites is 1. The maximum Gasteiger partial charge on any atom is 0.136 e. The highest BCUT2D eigenvalue weighted by molar-refractivity contribution is 9.10. The Balaban J connectivity index is 2.26. The van der Waals surface area contributed by atoms with Crippen LogP contribution in [0.15, 0.2) is 34.9 Å². The molecule has 1 heterocycles. The normalized spacial score (nSPS) is 10.5. The lowest BCUT2D eigenvalue weighted by Crippen LogP contribution is -2.07. The molecule has 0 bridgehead atoms. The molecule has 0 radical (unpaired) electrons. The quantitative estimate of drug-likeness (QED) is 0.943. The van der Waals surface area contributed by atoms with Gasteiger partial charge in [-0.2, -0.15) is 5.10 Å². The Morgan fingerprint density at radius 3 is 2.82 bits per heavy atom. The molecule has 1 aromatic heterocycles. The van der Waals surface area contributed by atoms with Gasteiger partial charge in [0.15, 0.2) is 0 Å². The molecule has 17 heavy (non-hydrogen) atoms. The van der Waals surface area contributed by atoms with Crippen LogP contribution in [0.25, 0.3) is 0 Å². The van der Waals surface area contributed by atoms with E-state index >= 15 is 0 Å². The third kappa shape index (κ3) is 2.61. The van der Waals surface area contributed by atoms with Gasteiger partial charge in [-0.1, -0.05) is 18.2 Å². The van der Waals surface area contributed by atoms with Crippen molar-refractivity contribution < 1.29 is 4.74 Å². The first-order chi connectivity index (χ1) is 8.22. The van der Waals surface area contributed by atoms with Crippen molar-refractivity contribution in [3.63, 3.8) is 0 Å². The fraction of sp³-hybridized carbons (Fsp3) is 0.250. The lowest BCUT2D eigenvalue weighted by atomic mass is 10.2. The van der Waals surface area contributed by atoms with E-state index in [-0.39, 0.29) is 0 Å². The number of anilines is 1. The van der Waals surface area contributed by atoms with E-state index in [9.17, 15) is 0 Å². The average Bonchev–Trinajstić information content (AvgIpc) is 2.64. The molecule has 0 spiro atoms. The van der Waals surface area contributed by atoms with Crippen LogP contribution in [0.4, 0.5) is 5.82 Å². The lowest BCUT2D eigenvalue weighted by Gasteiger charge is -2.10. The van der Waals surface area contributed by atoms with Crippen LogP contribution in [-0.2, 0) is 6.54 Å². The molecule has 90 valence electrons. The summed E-state index contributed by atoms with van der Waals surface area (Å²) in [4.78, 5) is 0. The molecular formula is C12H14BrN3O.